The molecule has 0 aliphatic heterocycles. The van der Waals surface area contributed by atoms with E-state index in [0.717, 1.165) is 11.1 Å². The summed E-state index contributed by atoms with van der Waals surface area (Å²) in [6, 6.07) is 11.9. The molecule has 0 fully saturated rings. The van der Waals surface area contributed by atoms with Crippen molar-refractivity contribution < 1.29 is 4.39 Å². The molecule has 88 valence electrons. The van der Waals surface area contributed by atoms with Gasteiger partial charge in [-0.15, -0.1) is 0 Å². The van der Waals surface area contributed by atoms with Crippen molar-refractivity contribution in [3.8, 4) is 11.1 Å². The Morgan fingerprint density at radius 1 is 1.12 bits per heavy atom. The van der Waals surface area contributed by atoms with Gasteiger partial charge in [0.15, 0.2) is 0 Å². The number of hydrogen-bond acceptors (Lipinski definition) is 1. The van der Waals surface area contributed by atoms with Gasteiger partial charge >= 0.3 is 0 Å². The molecule has 2 rings (SSSR count). The van der Waals surface area contributed by atoms with Crippen LogP contribution in [0.3, 0.4) is 0 Å². The van der Waals surface area contributed by atoms with Crippen LogP contribution in [-0.2, 0) is 0 Å². The Hall–Kier alpha value is -1.38. The molecule has 3 heteroatoms. The van der Waals surface area contributed by atoms with Crippen LogP contribution in [0.15, 0.2) is 42.5 Å². The molecule has 0 aromatic heterocycles. The third-order valence-corrected chi connectivity index (χ3v) is 2.92. The molecule has 0 saturated carbocycles. The second-order valence-electron chi connectivity index (χ2n) is 4.03. The third-order valence-electron chi connectivity index (χ3n) is 2.67. The lowest BCUT2D eigenvalue weighted by Crippen LogP contribution is -2.05. The van der Waals surface area contributed by atoms with E-state index in [0.29, 0.717) is 10.6 Å². The summed E-state index contributed by atoms with van der Waals surface area (Å²) in [5.74, 6) is -0.253. The molecular weight excluding hydrogens is 237 g/mol. The molecule has 0 amide bonds. The zero-order valence-electron chi connectivity index (χ0n) is 9.45. The van der Waals surface area contributed by atoms with Crippen molar-refractivity contribution in [3.63, 3.8) is 0 Å². The van der Waals surface area contributed by atoms with Crippen molar-refractivity contribution in [2.24, 2.45) is 5.73 Å². The van der Waals surface area contributed by atoms with Gasteiger partial charge in [0.1, 0.15) is 5.82 Å². The molecule has 2 aromatic rings. The molecule has 2 N–H and O–H groups in total. The van der Waals surface area contributed by atoms with Crippen molar-refractivity contribution in [2.45, 2.75) is 13.0 Å². The number of rotatable bonds is 2. The van der Waals surface area contributed by atoms with E-state index in [-0.39, 0.29) is 11.9 Å². The number of nitrogens with two attached hydrogens (primary N) is 1. The highest BCUT2D eigenvalue weighted by atomic mass is 35.5. The maximum absolute atomic E-state index is 13.7. The summed E-state index contributed by atoms with van der Waals surface area (Å²) in [5.41, 5.74) is 8.06. The van der Waals surface area contributed by atoms with E-state index >= 15 is 0 Å². The second-order valence-corrected chi connectivity index (χ2v) is 4.47. The standard InChI is InChI=1S/C14H13ClFN/c1-9(17)11-4-7-14(16)13(8-11)10-2-5-12(15)6-3-10/h2-9H,17H2,1H3. The van der Waals surface area contributed by atoms with E-state index in [4.69, 9.17) is 17.3 Å². The van der Waals surface area contributed by atoms with Crippen LogP contribution in [0, 0.1) is 5.82 Å². The van der Waals surface area contributed by atoms with E-state index in [1.807, 2.05) is 6.92 Å². The predicted octanol–water partition coefficient (Wildman–Crippen LogP) is 4.17. The molecule has 1 nitrogen and oxygen atoms in total. The Labute approximate surface area is 105 Å². The Morgan fingerprint density at radius 2 is 1.76 bits per heavy atom. The van der Waals surface area contributed by atoms with Crippen LogP contribution in [-0.4, -0.2) is 0 Å². The molecular formula is C14H13ClFN. The maximum atomic E-state index is 13.7. The normalized spacial score (nSPS) is 12.5. The van der Waals surface area contributed by atoms with Crippen molar-refractivity contribution in [1.29, 1.82) is 0 Å². The fourth-order valence-electron chi connectivity index (χ4n) is 1.68. The lowest BCUT2D eigenvalue weighted by Gasteiger charge is -2.09. The van der Waals surface area contributed by atoms with Gasteiger partial charge in [-0.3, -0.25) is 0 Å². The van der Waals surface area contributed by atoms with Gasteiger partial charge < -0.3 is 5.73 Å². The van der Waals surface area contributed by atoms with E-state index in [1.165, 1.54) is 6.07 Å². The third kappa shape index (κ3) is 2.65. The van der Waals surface area contributed by atoms with Crippen LogP contribution >= 0.6 is 11.6 Å². The molecule has 0 heterocycles. The molecule has 0 aliphatic rings. The average Bonchev–Trinajstić information content (AvgIpc) is 2.31. The first-order valence-electron chi connectivity index (χ1n) is 5.39. The zero-order valence-corrected chi connectivity index (χ0v) is 10.2. The van der Waals surface area contributed by atoms with Gasteiger partial charge in [0, 0.05) is 16.6 Å². The Morgan fingerprint density at radius 3 is 2.35 bits per heavy atom. The van der Waals surface area contributed by atoms with E-state index < -0.39 is 0 Å². The predicted molar refractivity (Wildman–Crippen MR) is 69.4 cm³/mol. The van der Waals surface area contributed by atoms with E-state index in [2.05, 4.69) is 0 Å². The SMILES string of the molecule is CC(N)c1ccc(F)c(-c2ccc(Cl)cc2)c1. The highest BCUT2D eigenvalue weighted by Gasteiger charge is 2.08. The Kier molecular flexibility index (Phi) is 3.46. The van der Waals surface area contributed by atoms with Crippen molar-refractivity contribution >= 4 is 11.6 Å². The lowest BCUT2D eigenvalue weighted by molar-refractivity contribution is 0.629. The molecule has 0 aliphatic carbocycles. The van der Waals surface area contributed by atoms with Crippen LogP contribution in [0.5, 0.6) is 0 Å². The minimum atomic E-state index is -0.253. The minimum Gasteiger partial charge on any atom is -0.324 e. The smallest absolute Gasteiger partial charge is 0.131 e. The fourth-order valence-corrected chi connectivity index (χ4v) is 1.80. The van der Waals surface area contributed by atoms with Crippen LogP contribution in [0.2, 0.25) is 5.02 Å². The first-order chi connectivity index (χ1) is 8.08. The summed E-state index contributed by atoms with van der Waals surface area (Å²) in [7, 11) is 0. The van der Waals surface area contributed by atoms with Gasteiger partial charge in [-0.05, 0) is 42.3 Å². The molecule has 1 atom stereocenters. The Balaban J connectivity index is 2.50. The van der Waals surface area contributed by atoms with Gasteiger partial charge in [-0.2, -0.15) is 0 Å². The zero-order chi connectivity index (χ0) is 12.4. The second kappa shape index (κ2) is 4.86. The van der Waals surface area contributed by atoms with Crippen LogP contribution < -0.4 is 5.73 Å². The molecule has 2 aromatic carbocycles. The summed E-state index contributed by atoms with van der Waals surface area (Å²) < 4.78 is 13.7. The molecule has 0 radical (unpaired) electrons. The van der Waals surface area contributed by atoms with Crippen LogP contribution in [0.1, 0.15) is 18.5 Å². The molecule has 0 spiro atoms. The highest BCUT2D eigenvalue weighted by Crippen LogP contribution is 2.26. The highest BCUT2D eigenvalue weighted by molar-refractivity contribution is 6.30. The maximum Gasteiger partial charge on any atom is 0.131 e. The van der Waals surface area contributed by atoms with Gasteiger partial charge in [0.25, 0.3) is 0 Å². The summed E-state index contributed by atoms with van der Waals surface area (Å²) in [5, 5.41) is 0.637. The number of halogens is 2. The summed E-state index contributed by atoms with van der Waals surface area (Å²) >= 11 is 5.81. The first kappa shape index (κ1) is 12.1. The van der Waals surface area contributed by atoms with Crippen molar-refractivity contribution in [3.05, 3.63) is 58.9 Å². The Bertz CT molecular complexity index is 520. The van der Waals surface area contributed by atoms with Gasteiger partial charge in [0.2, 0.25) is 0 Å². The van der Waals surface area contributed by atoms with Gasteiger partial charge in [0.05, 0.1) is 0 Å². The minimum absolute atomic E-state index is 0.110. The fraction of sp³-hybridized carbons (Fsp3) is 0.143. The quantitative estimate of drug-likeness (QED) is 0.850. The summed E-state index contributed by atoms with van der Waals surface area (Å²) in [6.07, 6.45) is 0. The van der Waals surface area contributed by atoms with Crippen molar-refractivity contribution in [2.75, 3.05) is 0 Å². The van der Waals surface area contributed by atoms with Crippen LogP contribution in [0.4, 0.5) is 4.39 Å². The van der Waals surface area contributed by atoms with E-state index in [9.17, 15) is 4.39 Å². The first-order valence-corrected chi connectivity index (χ1v) is 5.76. The van der Waals surface area contributed by atoms with E-state index in [1.54, 1.807) is 36.4 Å². The largest absolute Gasteiger partial charge is 0.324 e. The van der Waals surface area contributed by atoms with Gasteiger partial charge in [-0.25, -0.2) is 4.39 Å². The molecule has 0 saturated heterocycles. The molecule has 1 unspecified atom stereocenters. The molecule has 17 heavy (non-hydrogen) atoms. The topological polar surface area (TPSA) is 26.0 Å². The number of benzene rings is 2. The summed E-state index contributed by atoms with van der Waals surface area (Å²) in [4.78, 5) is 0. The number of hydrogen-bond donors (Lipinski definition) is 1. The van der Waals surface area contributed by atoms with Gasteiger partial charge in [-0.1, -0.05) is 29.8 Å². The lowest BCUT2D eigenvalue weighted by atomic mass is 10.00. The summed E-state index contributed by atoms with van der Waals surface area (Å²) in [6.45, 7) is 1.87. The van der Waals surface area contributed by atoms with Crippen molar-refractivity contribution in [1.82, 2.24) is 0 Å². The van der Waals surface area contributed by atoms with Crippen LogP contribution in [0.25, 0.3) is 11.1 Å². The monoisotopic (exact) mass is 249 g/mol. The average molecular weight is 250 g/mol. The molecule has 0 bridgehead atoms.